The Hall–Kier alpha value is -4.94. The van der Waals surface area contributed by atoms with E-state index in [-0.39, 0.29) is 36.8 Å². The van der Waals surface area contributed by atoms with E-state index in [9.17, 15) is 35.6 Å². The molecule has 2 heterocycles. The summed E-state index contributed by atoms with van der Waals surface area (Å²) in [5, 5.41) is 13.5. The molecule has 3 aromatic carbocycles. The monoisotopic (exact) mass is 749 g/mol. The molecule has 2 atom stereocenters. The number of ketones is 1. The van der Waals surface area contributed by atoms with Crippen molar-refractivity contribution in [1.29, 1.82) is 0 Å². The van der Waals surface area contributed by atoms with E-state index >= 15 is 0 Å². The number of carbonyl (C=O) groups excluding carboxylic acids is 2. The highest BCUT2D eigenvalue weighted by Crippen LogP contribution is 2.31. The maximum atomic E-state index is 13.9. The number of hydrogen-bond acceptors (Lipinski definition) is 11. The molecule has 51 heavy (non-hydrogen) atoms. The first kappa shape index (κ1) is 37.3. The number of ether oxygens (including phenoxy) is 3. The van der Waals surface area contributed by atoms with Gasteiger partial charge < -0.3 is 14.2 Å². The zero-order valence-corrected chi connectivity index (χ0v) is 28.5. The highest BCUT2D eigenvalue weighted by molar-refractivity contribution is 7.91. The van der Waals surface area contributed by atoms with E-state index in [0.29, 0.717) is 38.5 Å². The highest BCUT2D eigenvalue weighted by Gasteiger charge is 2.32. The number of primary sulfonamides is 1. The van der Waals surface area contributed by atoms with Gasteiger partial charge in [0.25, 0.3) is 10.0 Å². The van der Waals surface area contributed by atoms with Gasteiger partial charge >= 0.3 is 12.1 Å². The highest BCUT2D eigenvalue weighted by atomic mass is 32.2. The normalized spacial score (nSPS) is 13.1. The minimum Gasteiger partial charge on any atom is -0.491 e. The molecule has 0 aliphatic carbocycles. The Morgan fingerprint density at radius 3 is 2.27 bits per heavy atom. The average molecular weight is 750 g/mol. The first-order valence-corrected chi connectivity index (χ1v) is 17.6. The van der Waals surface area contributed by atoms with Crippen molar-refractivity contribution in [2.24, 2.45) is 11.1 Å². The number of sulfonamides is 1. The van der Waals surface area contributed by atoms with Gasteiger partial charge in [-0.1, -0.05) is 29.5 Å². The van der Waals surface area contributed by atoms with E-state index in [4.69, 9.17) is 19.3 Å². The summed E-state index contributed by atoms with van der Waals surface area (Å²) in [4.78, 5) is 30.7. The minimum absolute atomic E-state index is 0.0524. The number of thiazole rings is 1. The molecule has 0 radical (unpaired) electrons. The van der Waals surface area contributed by atoms with E-state index < -0.39 is 52.1 Å². The molecule has 0 aliphatic heterocycles. The van der Waals surface area contributed by atoms with Crippen LogP contribution in [0, 0.1) is 5.92 Å². The first-order chi connectivity index (χ1) is 24.2. The third kappa shape index (κ3) is 9.86. The third-order valence-electron chi connectivity index (χ3n) is 7.66. The van der Waals surface area contributed by atoms with Gasteiger partial charge in [0.1, 0.15) is 43.1 Å². The average Bonchev–Trinajstić information content (AvgIpc) is 3.76. The van der Waals surface area contributed by atoms with Crippen molar-refractivity contribution in [3.8, 4) is 11.5 Å². The lowest BCUT2D eigenvalue weighted by atomic mass is 9.90. The summed E-state index contributed by atoms with van der Waals surface area (Å²) in [5.74, 6) is -1.33. The molecule has 2 N–H and O–H groups in total. The maximum Gasteiger partial charge on any atom is 0.416 e. The summed E-state index contributed by atoms with van der Waals surface area (Å²) in [6, 6.07) is 14.8. The SMILES string of the molecule is COC(=O)[C@@H](CC(=O)[C@H](Cc1ccc(OCCF)cc1)n1cc(COc2ccc3nc(S(N)(=O)=O)sc3c2)nn1)Cc1ccc(C(F)(F)F)cc1. The van der Waals surface area contributed by atoms with Crippen molar-refractivity contribution in [2.75, 3.05) is 20.4 Å². The lowest BCUT2D eigenvalue weighted by molar-refractivity contribution is -0.147. The number of rotatable bonds is 16. The van der Waals surface area contributed by atoms with E-state index in [2.05, 4.69) is 15.3 Å². The van der Waals surface area contributed by atoms with Crippen molar-refractivity contribution in [2.45, 2.75) is 42.4 Å². The number of alkyl halides is 4. The van der Waals surface area contributed by atoms with Crippen LogP contribution in [0.3, 0.4) is 0 Å². The molecule has 0 fully saturated rings. The van der Waals surface area contributed by atoms with Crippen LogP contribution >= 0.6 is 11.3 Å². The zero-order valence-electron chi connectivity index (χ0n) is 26.9. The molecular formula is C33H31F4N5O7S2. The summed E-state index contributed by atoms with van der Waals surface area (Å²) in [7, 11) is -2.82. The standard InChI is InChI=1S/C33H31F4N5O7S2/c1-47-31(44)22(14-20-2-6-23(7-3-20)33(35,36)37)16-29(43)28(15-21-4-8-25(9-5-21)48-13-12-34)42-18-24(40-41-42)19-49-26-10-11-27-30(17-26)50-32(39-27)51(38,45)46/h2-11,17-18,22,28H,12-16,19H2,1H3,(H2,38,45,46)/t22-,28+/m1/s1. The summed E-state index contributed by atoms with van der Waals surface area (Å²) in [6.07, 6.45) is -3.29. The molecule has 0 saturated heterocycles. The van der Waals surface area contributed by atoms with Crippen LogP contribution < -0.4 is 14.6 Å². The number of aromatic nitrogens is 4. The number of halogens is 4. The van der Waals surface area contributed by atoms with Crippen molar-refractivity contribution in [1.82, 2.24) is 20.0 Å². The smallest absolute Gasteiger partial charge is 0.416 e. The number of esters is 1. The molecule has 0 aliphatic rings. The van der Waals surface area contributed by atoms with Crippen LogP contribution in [0.1, 0.15) is 34.8 Å². The van der Waals surface area contributed by atoms with Gasteiger partial charge in [-0.3, -0.25) is 9.59 Å². The number of nitrogens with two attached hydrogens (primary N) is 1. The number of methoxy groups -OCH3 is 1. The van der Waals surface area contributed by atoms with Gasteiger partial charge in [-0.25, -0.2) is 27.6 Å². The van der Waals surface area contributed by atoms with Crippen LogP contribution in [0.25, 0.3) is 10.2 Å². The lowest BCUT2D eigenvalue weighted by Crippen LogP contribution is -2.29. The van der Waals surface area contributed by atoms with Gasteiger partial charge in [0, 0.05) is 12.8 Å². The van der Waals surface area contributed by atoms with Crippen LogP contribution in [0.4, 0.5) is 17.6 Å². The van der Waals surface area contributed by atoms with Gasteiger partial charge in [0.2, 0.25) is 4.34 Å². The van der Waals surface area contributed by atoms with E-state index in [1.807, 2.05) is 0 Å². The second kappa shape index (κ2) is 15.9. The third-order valence-corrected chi connectivity index (χ3v) is 10.0. The Bertz CT molecular complexity index is 2090. The zero-order chi connectivity index (χ0) is 36.8. The molecule has 0 spiro atoms. The van der Waals surface area contributed by atoms with E-state index in [1.54, 1.807) is 42.5 Å². The first-order valence-electron chi connectivity index (χ1n) is 15.2. The summed E-state index contributed by atoms with van der Waals surface area (Å²) < 4.78 is 92.9. The number of fused-ring (bicyclic) bond motifs is 1. The molecule has 5 aromatic rings. The van der Waals surface area contributed by atoms with E-state index in [1.165, 1.54) is 23.0 Å². The second-order valence-corrected chi connectivity index (χ2v) is 14.1. The molecule has 0 unspecified atom stereocenters. The molecular weight excluding hydrogens is 719 g/mol. The molecule has 2 aromatic heterocycles. The Morgan fingerprint density at radius 1 is 0.961 bits per heavy atom. The van der Waals surface area contributed by atoms with Gasteiger partial charge in [-0.05, 0) is 60.0 Å². The van der Waals surface area contributed by atoms with Crippen LogP contribution in [0.5, 0.6) is 11.5 Å². The van der Waals surface area contributed by atoms with Gasteiger partial charge in [-0.2, -0.15) is 13.2 Å². The molecule has 12 nitrogen and oxygen atoms in total. The Balaban J connectivity index is 1.35. The van der Waals surface area contributed by atoms with E-state index in [0.717, 1.165) is 30.6 Å². The number of Topliss-reactive ketones (excluding diaryl/α,β-unsaturated/α-hetero) is 1. The van der Waals surface area contributed by atoms with Crippen molar-refractivity contribution in [3.05, 3.63) is 95.3 Å². The fourth-order valence-corrected chi connectivity index (χ4v) is 6.82. The van der Waals surface area contributed by atoms with Gasteiger partial charge in [0.05, 0.1) is 35.0 Å². The van der Waals surface area contributed by atoms with Crippen molar-refractivity contribution in [3.63, 3.8) is 0 Å². The fourth-order valence-electron chi connectivity index (χ4n) is 5.14. The van der Waals surface area contributed by atoms with Crippen molar-refractivity contribution >= 4 is 43.3 Å². The van der Waals surface area contributed by atoms with Crippen molar-refractivity contribution < 1.29 is 49.8 Å². The largest absolute Gasteiger partial charge is 0.491 e. The minimum atomic E-state index is -4.53. The van der Waals surface area contributed by atoms with Gasteiger partial charge in [-0.15, -0.1) is 16.4 Å². The molecule has 0 bridgehead atoms. The molecule has 0 amide bonds. The van der Waals surface area contributed by atoms with Crippen LogP contribution in [0.2, 0.25) is 0 Å². The van der Waals surface area contributed by atoms with Crippen LogP contribution in [-0.2, 0) is 50.0 Å². The molecule has 18 heteroatoms. The number of nitrogens with zero attached hydrogens (tertiary/aromatic N) is 4. The van der Waals surface area contributed by atoms with Crippen LogP contribution in [-0.4, -0.2) is 60.5 Å². The Labute approximate surface area is 293 Å². The quantitative estimate of drug-likeness (QED) is 0.104. The topological polar surface area (TPSA) is 166 Å². The molecule has 0 saturated carbocycles. The van der Waals surface area contributed by atoms with Crippen LogP contribution in [0.15, 0.2) is 77.3 Å². The number of carbonyl (C=O) groups is 2. The Kier molecular flexibility index (Phi) is 11.7. The maximum absolute atomic E-state index is 13.9. The predicted octanol–water partition coefficient (Wildman–Crippen LogP) is 5.26. The number of benzene rings is 3. The summed E-state index contributed by atoms with van der Waals surface area (Å²) in [6.45, 7) is -0.858. The second-order valence-electron chi connectivity index (χ2n) is 11.3. The fraction of sp³-hybridized carbons (Fsp3) is 0.303. The lowest BCUT2D eigenvalue weighted by Gasteiger charge is -2.20. The number of hydrogen-bond donors (Lipinski definition) is 1. The molecule has 270 valence electrons. The summed E-state index contributed by atoms with van der Waals surface area (Å²) in [5.41, 5.74) is 1.01. The predicted molar refractivity (Wildman–Crippen MR) is 176 cm³/mol. The summed E-state index contributed by atoms with van der Waals surface area (Å²) >= 11 is 0.891. The van der Waals surface area contributed by atoms with Gasteiger partial charge in [0.15, 0.2) is 5.78 Å². The molecule has 5 rings (SSSR count). The Morgan fingerprint density at radius 2 is 1.63 bits per heavy atom.